The zero-order valence-corrected chi connectivity index (χ0v) is 17.1. The number of amides is 1. The molecule has 0 atom stereocenters. The summed E-state index contributed by atoms with van der Waals surface area (Å²) in [5.74, 6) is 0.529. The van der Waals surface area contributed by atoms with Gasteiger partial charge in [0.2, 0.25) is 0 Å². The number of nitrogens with one attached hydrogen (secondary N) is 2. The topological polar surface area (TPSA) is 46.0 Å². The Kier molecular flexibility index (Phi) is 7.39. The Bertz CT molecular complexity index is 772. The number of likely N-dealkylation sites (N-methyl/N-ethyl adjacent to an activating group) is 1. The van der Waals surface area contributed by atoms with E-state index in [2.05, 4.69) is 17.1 Å². The standard InChI is InChI=1S/C22H27N3O2S/c1-2-24-12-14-25(15-13-24)22(28)19-8-10-20(11-9-19)27-17-21(26)23-16-18-6-4-3-5-7-18/h3-11H,2,12-17H2,1H3,(H,23,26)/p+1. The highest BCUT2D eigenvalue weighted by atomic mass is 32.1. The predicted octanol–water partition coefficient (Wildman–Crippen LogP) is 1.28. The molecule has 0 aliphatic carbocycles. The maximum absolute atomic E-state index is 12.0. The van der Waals surface area contributed by atoms with Crippen molar-refractivity contribution >= 4 is 23.1 Å². The fourth-order valence-corrected chi connectivity index (χ4v) is 3.57. The van der Waals surface area contributed by atoms with Crippen LogP contribution in [0.4, 0.5) is 0 Å². The van der Waals surface area contributed by atoms with E-state index in [-0.39, 0.29) is 12.5 Å². The minimum atomic E-state index is -0.139. The van der Waals surface area contributed by atoms with Gasteiger partial charge in [-0.2, -0.15) is 0 Å². The van der Waals surface area contributed by atoms with E-state index in [1.165, 1.54) is 6.54 Å². The van der Waals surface area contributed by atoms with E-state index in [1.54, 1.807) is 4.90 Å². The summed E-state index contributed by atoms with van der Waals surface area (Å²) < 4.78 is 5.59. The third-order valence-corrected chi connectivity index (χ3v) is 5.56. The third-order valence-electron chi connectivity index (χ3n) is 5.06. The van der Waals surface area contributed by atoms with Crippen LogP contribution in [0.5, 0.6) is 5.75 Å². The lowest BCUT2D eigenvalue weighted by molar-refractivity contribution is -0.902. The molecule has 1 aliphatic rings. The van der Waals surface area contributed by atoms with Gasteiger partial charge in [-0.05, 0) is 36.8 Å². The van der Waals surface area contributed by atoms with Gasteiger partial charge in [0.25, 0.3) is 5.91 Å². The Labute approximate surface area is 172 Å². The van der Waals surface area contributed by atoms with Gasteiger partial charge in [0.15, 0.2) is 6.61 Å². The molecule has 0 unspecified atom stereocenters. The summed E-state index contributed by atoms with van der Waals surface area (Å²) in [6.07, 6.45) is 0. The summed E-state index contributed by atoms with van der Waals surface area (Å²) in [6.45, 7) is 8.17. The van der Waals surface area contributed by atoms with Crippen molar-refractivity contribution in [3.63, 3.8) is 0 Å². The third kappa shape index (κ3) is 5.78. The molecule has 6 heteroatoms. The van der Waals surface area contributed by atoms with Crippen molar-refractivity contribution in [1.82, 2.24) is 10.2 Å². The Balaban J connectivity index is 1.44. The van der Waals surface area contributed by atoms with Crippen LogP contribution in [0.2, 0.25) is 0 Å². The highest BCUT2D eigenvalue weighted by Gasteiger charge is 2.21. The number of carbonyl (C=O) groups is 1. The van der Waals surface area contributed by atoms with Crippen LogP contribution in [-0.2, 0) is 11.3 Å². The molecular formula is C22H28N3O2S+. The van der Waals surface area contributed by atoms with E-state index < -0.39 is 0 Å². The Morgan fingerprint density at radius 2 is 1.79 bits per heavy atom. The first-order valence-corrected chi connectivity index (χ1v) is 10.2. The normalized spacial score (nSPS) is 14.5. The Morgan fingerprint density at radius 1 is 1.11 bits per heavy atom. The number of carbonyl (C=O) groups excluding carboxylic acids is 1. The van der Waals surface area contributed by atoms with Crippen molar-refractivity contribution in [3.05, 3.63) is 65.7 Å². The number of nitrogens with zero attached hydrogens (tertiary/aromatic N) is 1. The fraction of sp³-hybridized carbons (Fsp3) is 0.364. The molecule has 0 saturated carbocycles. The second kappa shape index (κ2) is 10.2. The maximum Gasteiger partial charge on any atom is 0.258 e. The van der Waals surface area contributed by atoms with Crippen molar-refractivity contribution in [2.45, 2.75) is 13.5 Å². The van der Waals surface area contributed by atoms with Gasteiger partial charge >= 0.3 is 0 Å². The van der Waals surface area contributed by atoms with Gasteiger partial charge in [-0.15, -0.1) is 0 Å². The van der Waals surface area contributed by atoms with Crippen LogP contribution < -0.4 is 15.0 Å². The van der Waals surface area contributed by atoms with E-state index in [1.807, 2.05) is 54.6 Å². The summed E-state index contributed by atoms with van der Waals surface area (Å²) in [4.78, 5) is 16.8. The van der Waals surface area contributed by atoms with E-state index in [9.17, 15) is 4.79 Å². The highest BCUT2D eigenvalue weighted by molar-refractivity contribution is 7.80. The van der Waals surface area contributed by atoms with Gasteiger partial charge in [0.05, 0.1) is 32.7 Å². The molecule has 1 fully saturated rings. The molecule has 0 aromatic heterocycles. The second-order valence-corrected chi connectivity index (χ2v) is 7.36. The van der Waals surface area contributed by atoms with E-state index >= 15 is 0 Å². The van der Waals surface area contributed by atoms with Gasteiger partial charge < -0.3 is 19.9 Å². The molecule has 1 saturated heterocycles. The average Bonchev–Trinajstić information content (AvgIpc) is 2.77. The molecule has 2 N–H and O–H groups in total. The number of hydrogen-bond donors (Lipinski definition) is 2. The molecule has 1 aliphatic heterocycles. The lowest BCUT2D eigenvalue weighted by Crippen LogP contribution is -3.14. The Hall–Kier alpha value is -2.44. The largest absolute Gasteiger partial charge is 0.484 e. The van der Waals surface area contributed by atoms with Gasteiger partial charge in [-0.1, -0.05) is 42.5 Å². The smallest absolute Gasteiger partial charge is 0.258 e. The predicted molar refractivity (Wildman–Crippen MR) is 115 cm³/mol. The average molecular weight is 399 g/mol. The van der Waals surface area contributed by atoms with E-state index in [4.69, 9.17) is 17.0 Å². The first kappa shape index (κ1) is 20.3. The van der Waals surface area contributed by atoms with Gasteiger partial charge in [0.1, 0.15) is 10.7 Å². The lowest BCUT2D eigenvalue weighted by atomic mass is 10.2. The first-order valence-electron chi connectivity index (χ1n) is 9.82. The van der Waals surface area contributed by atoms with Gasteiger partial charge in [-0.3, -0.25) is 4.79 Å². The molecule has 0 radical (unpaired) electrons. The molecule has 148 valence electrons. The van der Waals surface area contributed by atoms with Crippen molar-refractivity contribution in [1.29, 1.82) is 0 Å². The molecule has 1 amide bonds. The zero-order valence-electron chi connectivity index (χ0n) is 16.3. The van der Waals surface area contributed by atoms with Crippen LogP contribution in [0.25, 0.3) is 0 Å². The van der Waals surface area contributed by atoms with Crippen LogP contribution in [0.3, 0.4) is 0 Å². The highest BCUT2D eigenvalue weighted by Crippen LogP contribution is 2.14. The first-order chi connectivity index (χ1) is 13.7. The number of benzene rings is 2. The zero-order chi connectivity index (χ0) is 19.8. The molecule has 0 spiro atoms. The summed E-state index contributed by atoms with van der Waals surface area (Å²) in [7, 11) is 0. The van der Waals surface area contributed by atoms with Crippen LogP contribution in [0.15, 0.2) is 54.6 Å². The maximum atomic E-state index is 12.0. The van der Waals surface area contributed by atoms with Crippen LogP contribution in [0.1, 0.15) is 18.1 Å². The number of ether oxygens (including phenoxy) is 1. The molecule has 2 aromatic rings. The van der Waals surface area contributed by atoms with Crippen LogP contribution in [-0.4, -0.2) is 55.1 Å². The van der Waals surface area contributed by atoms with Crippen LogP contribution >= 0.6 is 12.2 Å². The molecule has 3 rings (SSSR count). The quantitative estimate of drug-likeness (QED) is 0.690. The minimum absolute atomic E-state index is 0.00161. The Morgan fingerprint density at radius 3 is 2.43 bits per heavy atom. The summed E-state index contributed by atoms with van der Waals surface area (Å²) >= 11 is 5.66. The summed E-state index contributed by atoms with van der Waals surface area (Å²) in [5.41, 5.74) is 2.09. The van der Waals surface area contributed by atoms with E-state index in [0.29, 0.717) is 12.3 Å². The van der Waals surface area contributed by atoms with E-state index in [0.717, 1.165) is 42.3 Å². The summed E-state index contributed by atoms with van der Waals surface area (Å²) in [6, 6.07) is 17.5. The SMILES string of the molecule is CC[NH+]1CCN(C(=S)c2ccc(OCC(=O)NCc3ccccc3)cc2)CC1. The van der Waals surface area contributed by atoms with Crippen molar-refractivity contribution in [2.75, 3.05) is 39.3 Å². The van der Waals surface area contributed by atoms with Gasteiger partial charge in [-0.25, -0.2) is 0 Å². The number of hydrogen-bond acceptors (Lipinski definition) is 3. The number of thiocarbonyl (C=S) groups is 1. The molecule has 1 heterocycles. The number of quaternary nitrogens is 1. The lowest BCUT2D eigenvalue weighted by Gasteiger charge is -2.33. The molecule has 2 aromatic carbocycles. The number of rotatable bonds is 7. The van der Waals surface area contributed by atoms with Crippen molar-refractivity contribution < 1.29 is 14.4 Å². The monoisotopic (exact) mass is 398 g/mol. The molecule has 0 bridgehead atoms. The second-order valence-electron chi connectivity index (χ2n) is 6.97. The van der Waals surface area contributed by atoms with Crippen molar-refractivity contribution in [3.8, 4) is 5.75 Å². The number of piperazine rings is 1. The van der Waals surface area contributed by atoms with Crippen LogP contribution in [0, 0.1) is 0 Å². The van der Waals surface area contributed by atoms with Gasteiger partial charge in [0, 0.05) is 12.1 Å². The summed E-state index contributed by atoms with van der Waals surface area (Å²) in [5, 5.41) is 2.86. The van der Waals surface area contributed by atoms with Crippen molar-refractivity contribution in [2.24, 2.45) is 0 Å². The molecule has 5 nitrogen and oxygen atoms in total. The fourth-order valence-electron chi connectivity index (χ4n) is 3.25. The molecular weight excluding hydrogens is 370 g/mol. The minimum Gasteiger partial charge on any atom is -0.484 e. The molecule has 28 heavy (non-hydrogen) atoms.